The number of rotatable bonds is 5. The number of hydrogen-bond acceptors (Lipinski definition) is 4. The van der Waals surface area contributed by atoms with E-state index < -0.39 is 17.2 Å². The van der Waals surface area contributed by atoms with Crippen LogP contribution in [0.25, 0.3) is 0 Å². The van der Waals surface area contributed by atoms with E-state index in [2.05, 4.69) is 19.2 Å². The fraction of sp³-hybridized carbons (Fsp3) is 0.760. The van der Waals surface area contributed by atoms with Crippen molar-refractivity contribution in [2.24, 2.45) is 11.3 Å². The molecule has 190 valence electrons. The Morgan fingerprint density at radius 1 is 1.29 bits per heavy atom. The fourth-order valence-corrected chi connectivity index (χ4v) is 6.29. The van der Waals surface area contributed by atoms with E-state index in [4.69, 9.17) is 4.74 Å². The maximum atomic E-state index is 13.9. The highest BCUT2D eigenvalue weighted by Crippen LogP contribution is 2.47. The van der Waals surface area contributed by atoms with Crippen molar-refractivity contribution >= 4 is 5.91 Å². The van der Waals surface area contributed by atoms with Crippen molar-refractivity contribution < 1.29 is 27.4 Å². The minimum atomic E-state index is -4.60. The van der Waals surface area contributed by atoms with Gasteiger partial charge in [0.1, 0.15) is 5.56 Å². The maximum absolute atomic E-state index is 13.9. The molecule has 0 saturated heterocycles. The molecule has 6 nitrogen and oxygen atoms in total. The Morgan fingerprint density at radius 3 is 2.71 bits per heavy atom. The molecule has 1 amide bonds. The number of alkyl halides is 3. The van der Waals surface area contributed by atoms with Gasteiger partial charge in [0.25, 0.3) is 0 Å². The first kappa shape index (κ1) is 25.2. The van der Waals surface area contributed by atoms with E-state index in [1.165, 1.54) is 12.8 Å². The summed E-state index contributed by atoms with van der Waals surface area (Å²) < 4.78 is 45.7. The van der Waals surface area contributed by atoms with Crippen LogP contribution in [0.3, 0.4) is 0 Å². The average Bonchev–Trinajstić information content (AvgIpc) is 3.23. The third kappa shape index (κ3) is 4.78. The van der Waals surface area contributed by atoms with Crippen LogP contribution in [0.5, 0.6) is 0 Å². The molecule has 2 aliphatic carbocycles. The number of hydrogen-bond donors (Lipinski definition) is 1. The van der Waals surface area contributed by atoms with Crippen molar-refractivity contribution in [2.45, 2.75) is 96.1 Å². The predicted octanol–water partition coefficient (Wildman–Crippen LogP) is 3.97. The monoisotopic (exact) mass is 483 g/mol. The number of ether oxygens (including phenoxy) is 1. The molecule has 2 fully saturated rings. The van der Waals surface area contributed by atoms with Gasteiger partial charge in [0.15, 0.2) is 11.9 Å². The molecule has 0 aromatic carbocycles. The number of nitrogens with zero attached hydrogens (tertiary/aromatic N) is 2. The number of amides is 1. The Kier molecular flexibility index (Phi) is 7.16. The highest BCUT2D eigenvalue weighted by atomic mass is 19.4. The standard InChI is InChI=1S/C25H36F3N3O3/c1-16(2)24(10-8-19(13-24)29-20-6-4-5-7-22(20)34-3)23(32)30-11-9-21-17(14-30)12-18(15-31(21)33)25(26,27)28/h12,15-16,19-20,22,29H,4-11,13-14H2,1-3H3/t19?,20?,22?,24-/m0/s1. The first-order valence-electron chi connectivity index (χ1n) is 12.5. The predicted molar refractivity (Wildman–Crippen MR) is 121 cm³/mol. The van der Waals surface area contributed by atoms with Gasteiger partial charge in [0, 0.05) is 31.3 Å². The molecule has 0 spiro atoms. The Bertz CT molecular complexity index is 907. The van der Waals surface area contributed by atoms with Crippen molar-refractivity contribution in [3.8, 4) is 0 Å². The molecule has 1 N–H and O–H groups in total. The summed E-state index contributed by atoms with van der Waals surface area (Å²) in [6, 6.07) is 1.53. The van der Waals surface area contributed by atoms with Crippen LogP contribution < -0.4 is 10.0 Å². The molecule has 0 bridgehead atoms. The summed E-state index contributed by atoms with van der Waals surface area (Å²) in [6.07, 6.45) is 3.25. The van der Waals surface area contributed by atoms with Gasteiger partial charge in [-0.3, -0.25) is 4.79 Å². The zero-order chi connectivity index (χ0) is 24.7. The van der Waals surface area contributed by atoms with Crippen molar-refractivity contribution in [1.29, 1.82) is 0 Å². The zero-order valence-electron chi connectivity index (χ0n) is 20.3. The van der Waals surface area contributed by atoms with E-state index in [0.717, 1.165) is 31.7 Å². The Balaban J connectivity index is 1.50. The molecule has 2 heterocycles. The van der Waals surface area contributed by atoms with E-state index >= 15 is 0 Å². The normalized spacial score (nSPS) is 30.0. The molecule has 1 aromatic heterocycles. The summed E-state index contributed by atoms with van der Waals surface area (Å²) in [7, 11) is 1.76. The molecule has 1 aliphatic heterocycles. The molecule has 2 saturated carbocycles. The summed E-state index contributed by atoms with van der Waals surface area (Å²) in [5.74, 6) is 0.1000. The highest BCUT2D eigenvalue weighted by Gasteiger charge is 2.50. The minimum absolute atomic E-state index is 0.000698. The van der Waals surface area contributed by atoms with Crippen LogP contribution in [0.15, 0.2) is 12.3 Å². The van der Waals surface area contributed by atoms with Gasteiger partial charge >= 0.3 is 6.18 Å². The number of halogens is 3. The van der Waals surface area contributed by atoms with Crippen LogP contribution in [0.1, 0.15) is 75.6 Å². The lowest BCUT2D eigenvalue weighted by Crippen LogP contribution is -2.51. The highest BCUT2D eigenvalue weighted by molar-refractivity contribution is 5.83. The first-order chi connectivity index (χ1) is 16.0. The number of nitrogens with one attached hydrogen (secondary N) is 1. The smallest absolute Gasteiger partial charge is 0.422 e. The van der Waals surface area contributed by atoms with Crippen LogP contribution in [0.4, 0.5) is 13.2 Å². The molecule has 3 unspecified atom stereocenters. The largest absolute Gasteiger partial charge is 0.618 e. The molecule has 9 heteroatoms. The molecule has 3 aliphatic rings. The summed E-state index contributed by atoms with van der Waals surface area (Å²) >= 11 is 0. The van der Waals surface area contributed by atoms with Crippen molar-refractivity contribution in [3.63, 3.8) is 0 Å². The molecule has 4 atom stereocenters. The third-order valence-electron chi connectivity index (χ3n) is 8.35. The van der Waals surface area contributed by atoms with Crippen LogP contribution in [0, 0.1) is 16.5 Å². The van der Waals surface area contributed by atoms with Gasteiger partial charge in [-0.15, -0.1) is 0 Å². The number of fused-ring (bicyclic) bond motifs is 1. The van der Waals surface area contributed by atoms with Gasteiger partial charge in [-0.25, -0.2) is 0 Å². The van der Waals surface area contributed by atoms with Gasteiger partial charge in [0.05, 0.1) is 24.5 Å². The quantitative estimate of drug-likeness (QED) is 0.509. The zero-order valence-corrected chi connectivity index (χ0v) is 20.3. The average molecular weight is 484 g/mol. The van der Waals surface area contributed by atoms with E-state index in [-0.39, 0.29) is 43.0 Å². The number of carbonyl (C=O) groups is 1. The third-order valence-corrected chi connectivity index (χ3v) is 8.35. The molecular weight excluding hydrogens is 447 g/mol. The Hall–Kier alpha value is -1.87. The van der Waals surface area contributed by atoms with Crippen LogP contribution in [-0.2, 0) is 28.7 Å². The topological polar surface area (TPSA) is 68.5 Å². The van der Waals surface area contributed by atoms with Crippen molar-refractivity contribution in [2.75, 3.05) is 13.7 Å². The van der Waals surface area contributed by atoms with Crippen LogP contribution in [0.2, 0.25) is 0 Å². The summed E-state index contributed by atoms with van der Waals surface area (Å²) in [4.78, 5) is 15.5. The number of carbonyl (C=O) groups excluding carboxylic acids is 1. The van der Waals surface area contributed by atoms with E-state index in [1.807, 2.05) is 0 Å². The van der Waals surface area contributed by atoms with Gasteiger partial charge in [-0.1, -0.05) is 26.7 Å². The second kappa shape index (κ2) is 9.64. The van der Waals surface area contributed by atoms with Crippen LogP contribution >= 0.6 is 0 Å². The van der Waals surface area contributed by atoms with Crippen molar-refractivity contribution in [1.82, 2.24) is 10.2 Å². The van der Waals surface area contributed by atoms with Gasteiger partial charge in [-0.05, 0) is 44.1 Å². The van der Waals surface area contributed by atoms with E-state index in [1.54, 1.807) is 12.0 Å². The molecule has 0 radical (unpaired) electrons. The minimum Gasteiger partial charge on any atom is -0.618 e. The lowest BCUT2D eigenvalue weighted by Gasteiger charge is -2.39. The lowest BCUT2D eigenvalue weighted by molar-refractivity contribution is -0.616. The molecular formula is C25H36F3N3O3. The number of aromatic nitrogens is 1. The van der Waals surface area contributed by atoms with Gasteiger partial charge in [-0.2, -0.15) is 17.9 Å². The Morgan fingerprint density at radius 2 is 2.03 bits per heavy atom. The lowest BCUT2D eigenvalue weighted by atomic mass is 9.74. The first-order valence-corrected chi connectivity index (χ1v) is 12.5. The summed E-state index contributed by atoms with van der Waals surface area (Å²) in [5.41, 5.74) is -0.910. The number of methoxy groups -OCH3 is 1. The number of pyridine rings is 1. The van der Waals surface area contributed by atoms with Crippen molar-refractivity contribution in [3.05, 3.63) is 34.3 Å². The van der Waals surface area contributed by atoms with Gasteiger partial charge < -0.3 is 20.2 Å². The molecule has 1 aromatic rings. The molecule has 4 rings (SSSR count). The second-order valence-corrected chi connectivity index (χ2v) is 10.6. The SMILES string of the molecule is COC1CCCCC1NC1CC[C@@](C(=O)N2CCc3c(cc(C(F)(F)F)c[n+]3[O-])C2)(C(C)C)C1. The maximum Gasteiger partial charge on any atom is 0.422 e. The second-order valence-electron chi connectivity index (χ2n) is 10.6. The van der Waals surface area contributed by atoms with E-state index in [0.29, 0.717) is 35.2 Å². The summed E-state index contributed by atoms with van der Waals surface area (Å²) in [5, 5.41) is 16.0. The summed E-state index contributed by atoms with van der Waals surface area (Å²) in [6.45, 7) is 4.51. The molecule has 34 heavy (non-hydrogen) atoms. The van der Waals surface area contributed by atoms with E-state index in [9.17, 15) is 23.2 Å². The van der Waals surface area contributed by atoms with Crippen LogP contribution in [-0.4, -0.2) is 42.6 Å². The Labute approximate surface area is 199 Å². The fourth-order valence-electron chi connectivity index (χ4n) is 6.29. The van der Waals surface area contributed by atoms with Gasteiger partial charge in [0.2, 0.25) is 5.91 Å².